The third-order valence-electron chi connectivity index (χ3n) is 3.00. The van der Waals surface area contributed by atoms with E-state index in [0.717, 1.165) is 32.7 Å². The molecule has 0 amide bonds. The highest BCUT2D eigenvalue weighted by Crippen LogP contribution is 2.16. The van der Waals surface area contributed by atoms with Crippen LogP contribution in [0, 0.1) is 0 Å². The average molecular weight is 236 g/mol. The molecule has 1 aliphatic rings. The number of carbonyl (C=O) groups is 1. The third kappa shape index (κ3) is 2.52. The Labute approximate surface area is 99.9 Å². The molecule has 17 heavy (non-hydrogen) atoms. The van der Waals surface area contributed by atoms with Gasteiger partial charge in [-0.05, 0) is 6.54 Å². The molecule has 0 aromatic carbocycles. The van der Waals surface area contributed by atoms with Gasteiger partial charge in [-0.15, -0.1) is 0 Å². The number of hydrogen-bond donors (Lipinski definition) is 1. The molecule has 1 aromatic rings. The van der Waals surface area contributed by atoms with Crippen molar-refractivity contribution < 1.29 is 9.90 Å². The highest BCUT2D eigenvalue weighted by atomic mass is 16.4. The van der Waals surface area contributed by atoms with Gasteiger partial charge in [0.25, 0.3) is 0 Å². The van der Waals surface area contributed by atoms with Gasteiger partial charge < -0.3 is 14.9 Å². The summed E-state index contributed by atoms with van der Waals surface area (Å²) < 4.78 is 0. The van der Waals surface area contributed by atoms with Crippen molar-refractivity contribution in [2.45, 2.75) is 6.92 Å². The van der Waals surface area contributed by atoms with Crippen molar-refractivity contribution in [1.82, 2.24) is 14.9 Å². The molecule has 0 spiro atoms. The molecule has 1 saturated heterocycles. The summed E-state index contributed by atoms with van der Waals surface area (Å²) in [6, 6.07) is 0. The van der Waals surface area contributed by atoms with E-state index in [1.807, 2.05) is 4.90 Å². The van der Waals surface area contributed by atoms with E-state index in [9.17, 15) is 4.79 Å². The van der Waals surface area contributed by atoms with Gasteiger partial charge in [-0.25, -0.2) is 14.8 Å². The first-order valence-electron chi connectivity index (χ1n) is 5.74. The maximum atomic E-state index is 11.0. The Morgan fingerprint density at radius 1 is 1.29 bits per heavy atom. The maximum absolute atomic E-state index is 11.0. The number of likely N-dealkylation sites (N-methyl/N-ethyl adjacent to an activating group) is 1. The quantitative estimate of drug-likeness (QED) is 0.815. The number of piperazine rings is 1. The van der Waals surface area contributed by atoms with E-state index in [1.54, 1.807) is 0 Å². The van der Waals surface area contributed by atoms with Crippen LogP contribution in [0.4, 0.5) is 5.82 Å². The first-order chi connectivity index (χ1) is 8.22. The Morgan fingerprint density at radius 3 is 2.53 bits per heavy atom. The predicted molar refractivity (Wildman–Crippen MR) is 63.3 cm³/mol. The first-order valence-corrected chi connectivity index (χ1v) is 5.74. The summed E-state index contributed by atoms with van der Waals surface area (Å²) in [7, 11) is 0. The Kier molecular flexibility index (Phi) is 3.53. The number of aromatic carboxylic acids is 1. The summed E-state index contributed by atoms with van der Waals surface area (Å²) in [4.78, 5) is 23.4. The molecule has 1 aromatic heterocycles. The highest BCUT2D eigenvalue weighted by molar-refractivity contribution is 5.90. The Morgan fingerprint density at radius 2 is 1.94 bits per heavy atom. The van der Waals surface area contributed by atoms with Crippen LogP contribution in [0.3, 0.4) is 0 Å². The lowest BCUT2D eigenvalue weighted by Gasteiger charge is -2.34. The summed E-state index contributed by atoms with van der Waals surface area (Å²) in [6.45, 7) is 6.62. The van der Waals surface area contributed by atoms with Crippen LogP contribution in [-0.2, 0) is 0 Å². The minimum atomic E-state index is -1.02. The van der Waals surface area contributed by atoms with Gasteiger partial charge in [0.15, 0.2) is 11.5 Å². The van der Waals surface area contributed by atoms with Crippen molar-refractivity contribution in [2.75, 3.05) is 37.6 Å². The fraction of sp³-hybridized carbons (Fsp3) is 0.545. The lowest BCUT2D eigenvalue weighted by atomic mass is 10.3. The molecular formula is C11H16N4O2. The van der Waals surface area contributed by atoms with Crippen LogP contribution in [0.5, 0.6) is 0 Å². The number of carboxylic acid groups (broad SMARTS) is 1. The summed E-state index contributed by atoms with van der Waals surface area (Å²) in [5, 5.41) is 9.05. The molecule has 2 heterocycles. The summed E-state index contributed by atoms with van der Waals surface area (Å²) in [5.74, 6) is -0.540. The van der Waals surface area contributed by atoms with Crippen LogP contribution in [0.1, 0.15) is 17.4 Å². The van der Waals surface area contributed by atoms with Crippen molar-refractivity contribution in [3.63, 3.8) is 0 Å². The topological polar surface area (TPSA) is 69.6 Å². The molecule has 92 valence electrons. The molecule has 0 radical (unpaired) electrons. The minimum absolute atomic E-state index is 0.0393. The second-order valence-electron chi connectivity index (χ2n) is 3.96. The molecule has 0 atom stereocenters. The van der Waals surface area contributed by atoms with Crippen LogP contribution in [-0.4, -0.2) is 58.7 Å². The largest absolute Gasteiger partial charge is 0.476 e. The number of carboxylic acids is 1. The van der Waals surface area contributed by atoms with E-state index in [2.05, 4.69) is 21.8 Å². The second-order valence-corrected chi connectivity index (χ2v) is 3.96. The molecule has 6 nitrogen and oxygen atoms in total. The number of rotatable bonds is 3. The Hall–Kier alpha value is -1.69. The smallest absolute Gasteiger partial charge is 0.358 e. The molecule has 1 N–H and O–H groups in total. The van der Waals surface area contributed by atoms with Crippen molar-refractivity contribution in [3.8, 4) is 0 Å². The van der Waals surface area contributed by atoms with Gasteiger partial charge >= 0.3 is 5.97 Å². The monoisotopic (exact) mass is 236 g/mol. The summed E-state index contributed by atoms with van der Waals surface area (Å²) >= 11 is 0. The van der Waals surface area contributed by atoms with Gasteiger partial charge in [-0.1, -0.05) is 6.92 Å². The number of anilines is 1. The van der Waals surface area contributed by atoms with E-state index in [-0.39, 0.29) is 5.69 Å². The molecule has 1 fully saturated rings. The number of nitrogens with zero attached hydrogens (tertiary/aromatic N) is 4. The van der Waals surface area contributed by atoms with E-state index >= 15 is 0 Å². The summed E-state index contributed by atoms with van der Waals surface area (Å²) in [5.41, 5.74) is 0.0393. The second kappa shape index (κ2) is 5.09. The average Bonchev–Trinajstić information content (AvgIpc) is 2.39. The maximum Gasteiger partial charge on any atom is 0.358 e. The summed E-state index contributed by atoms with van der Waals surface area (Å²) in [6.07, 6.45) is 2.95. The Balaban J connectivity index is 2.15. The Bertz CT molecular complexity index is 402. The fourth-order valence-corrected chi connectivity index (χ4v) is 1.99. The molecular weight excluding hydrogens is 220 g/mol. The minimum Gasteiger partial charge on any atom is -0.476 e. The molecule has 0 bridgehead atoms. The van der Waals surface area contributed by atoms with Gasteiger partial charge in [-0.3, -0.25) is 0 Å². The first kappa shape index (κ1) is 11.8. The molecule has 0 unspecified atom stereocenters. The lowest BCUT2D eigenvalue weighted by molar-refractivity contribution is 0.0690. The van der Waals surface area contributed by atoms with Gasteiger partial charge in [0, 0.05) is 38.6 Å². The van der Waals surface area contributed by atoms with Crippen molar-refractivity contribution in [3.05, 3.63) is 18.1 Å². The molecule has 2 rings (SSSR count). The highest BCUT2D eigenvalue weighted by Gasteiger charge is 2.22. The van der Waals surface area contributed by atoms with Crippen LogP contribution >= 0.6 is 0 Å². The van der Waals surface area contributed by atoms with Crippen LogP contribution in [0.25, 0.3) is 0 Å². The van der Waals surface area contributed by atoms with Crippen LogP contribution < -0.4 is 4.90 Å². The van der Waals surface area contributed by atoms with Crippen molar-refractivity contribution >= 4 is 11.8 Å². The third-order valence-corrected chi connectivity index (χ3v) is 3.00. The fourth-order valence-electron chi connectivity index (χ4n) is 1.99. The molecule has 0 aliphatic carbocycles. The lowest BCUT2D eigenvalue weighted by Crippen LogP contribution is -2.47. The van der Waals surface area contributed by atoms with E-state index < -0.39 is 5.97 Å². The van der Waals surface area contributed by atoms with Crippen molar-refractivity contribution in [2.24, 2.45) is 0 Å². The van der Waals surface area contributed by atoms with Gasteiger partial charge in [0.05, 0.1) is 0 Å². The van der Waals surface area contributed by atoms with Crippen molar-refractivity contribution in [1.29, 1.82) is 0 Å². The molecule has 6 heteroatoms. The van der Waals surface area contributed by atoms with Crippen LogP contribution in [0.15, 0.2) is 12.4 Å². The zero-order chi connectivity index (χ0) is 12.3. The standard InChI is InChI=1S/C11H16N4O2/c1-2-14-5-7-15(8-6-14)10-9(11(16)17)12-3-4-13-10/h3-4H,2,5-8H2,1H3,(H,16,17). The zero-order valence-corrected chi connectivity index (χ0v) is 9.83. The van der Waals surface area contributed by atoms with Crippen LogP contribution in [0.2, 0.25) is 0 Å². The number of hydrogen-bond acceptors (Lipinski definition) is 5. The van der Waals surface area contributed by atoms with E-state index in [0.29, 0.717) is 5.82 Å². The van der Waals surface area contributed by atoms with Gasteiger partial charge in [-0.2, -0.15) is 0 Å². The van der Waals surface area contributed by atoms with E-state index in [4.69, 9.17) is 5.11 Å². The van der Waals surface area contributed by atoms with E-state index in [1.165, 1.54) is 12.4 Å². The SMILES string of the molecule is CCN1CCN(c2nccnc2C(=O)O)CC1. The molecule has 0 saturated carbocycles. The van der Waals surface area contributed by atoms with Gasteiger partial charge in [0.2, 0.25) is 0 Å². The normalized spacial score (nSPS) is 17.1. The number of aromatic nitrogens is 2. The zero-order valence-electron chi connectivity index (χ0n) is 9.83. The molecule has 1 aliphatic heterocycles. The predicted octanol–water partition coefficient (Wildman–Crippen LogP) is 0.317. The van der Waals surface area contributed by atoms with Gasteiger partial charge in [0.1, 0.15) is 0 Å².